The van der Waals surface area contributed by atoms with Gasteiger partial charge in [0.1, 0.15) is 5.69 Å². The molecule has 0 radical (unpaired) electrons. The van der Waals surface area contributed by atoms with E-state index in [0.717, 1.165) is 34.9 Å². The van der Waals surface area contributed by atoms with Gasteiger partial charge in [-0.2, -0.15) is 0 Å². The Labute approximate surface area is 151 Å². The van der Waals surface area contributed by atoms with Crippen LogP contribution in [0, 0.1) is 13.8 Å². The van der Waals surface area contributed by atoms with Gasteiger partial charge in [0.05, 0.1) is 11.3 Å². The van der Waals surface area contributed by atoms with Gasteiger partial charge in [-0.05, 0) is 62.1 Å². The zero-order valence-electron chi connectivity index (χ0n) is 14.8. The minimum absolute atomic E-state index is 0.147. The highest BCUT2D eigenvalue weighted by molar-refractivity contribution is 6.10. The first-order valence-electron chi connectivity index (χ1n) is 8.82. The van der Waals surface area contributed by atoms with Crippen LogP contribution in [0.25, 0.3) is 10.9 Å². The van der Waals surface area contributed by atoms with Crippen molar-refractivity contribution in [2.24, 2.45) is 0 Å². The van der Waals surface area contributed by atoms with E-state index in [9.17, 15) is 9.59 Å². The number of H-pyrrole nitrogens is 1. The Morgan fingerprint density at radius 3 is 2.58 bits per heavy atom. The SMILES string of the molecule is Cc1cc(C)c2cc(C(=O)Nc3ccccc3C(=O)NC3CC3)[nH]c2c1. The van der Waals surface area contributed by atoms with E-state index in [2.05, 4.69) is 21.7 Å². The zero-order chi connectivity index (χ0) is 18.3. The summed E-state index contributed by atoms with van der Waals surface area (Å²) in [5.41, 5.74) is 4.68. The van der Waals surface area contributed by atoms with E-state index in [-0.39, 0.29) is 17.9 Å². The Morgan fingerprint density at radius 2 is 1.81 bits per heavy atom. The molecule has 1 saturated carbocycles. The summed E-state index contributed by atoms with van der Waals surface area (Å²) < 4.78 is 0. The molecule has 1 heterocycles. The predicted molar refractivity (Wildman–Crippen MR) is 103 cm³/mol. The van der Waals surface area contributed by atoms with Crippen molar-refractivity contribution < 1.29 is 9.59 Å². The van der Waals surface area contributed by atoms with Crippen molar-refractivity contribution in [1.82, 2.24) is 10.3 Å². The molecule has 132 valence electrons. The third kappa shape index (κ3) is 3.20. The highest BCUT2D eigenvalue weighted by atomic mass is 16.2. The average Bonchev–Trinajstić information content (AvgIpc) is 3.30. The van der Waals surface area contributed by atoms with Gasteiger partial charge in [-0.3, -0.25) is 9.59 Å². The number of para-hydroxylation sites is 1. The molecule has 26 heavy (non-hydrogen) atoms. The minimum atomic E-state index is -0.259. The molecule has 5 nitrogen and oxygen atoms in total. The second kappa shape index (κ2) is 6.33. The second-order valence-corrected chi connectivity index (χ2v) is 6.97. The van der Waals surface area contributed by atoms with Crippen molar-refractivity contribution in [3.8, 4) is 0 Å². The number of fused-ring (bicyclic) bond motifs is 1. The Kier molecular flexibility index (Phi) is 3.99. The molecule has 0 atom stereocenters. The van der Waals surface area contributed by atoms with Gasteiger partial charge in [0.2, 0.25) is 0 Å². The number of aromatic amines is 1. The summed E-state index contributed by atoms with van der Waals surface area (Å²) in [7, 11) is 0. The molecule has 4 rings (SSSR count). The molecule has 1 aromatic heterocycles. The van der Waals surface area contributed by atoms with Gasteiger partial charge in [0, 0.05) is 16.9 Å². The molecular formula is C21H21N3O2. The molecule has 0 bridgehead atoms. The number of nitrogens with one attached hydrogen (secondary N) is 3. The molecule has 1 aliphatic rings. The molecule has 1 fully saturated rings. The number of hydrogen-bond donors (Lipinski definition) is 3. The quantitative estimate of drug-likeness (QED) is 0.669. The van der Waals surface area contributed by atoms with Crippen LogP contribution < -0.4 is 10.6 Å². The van der Waals surface area contributed by atoms with Gasteiger partial charge in [0.25, 0.3) is 11.8 Å². The first-order valence-corrected chi connectivity index (χ1v) is 8.82. The van der Waals surface area contributed by atoms with Crippen LogP contribution in [0.5, 0.6) is 0 Å². The number of carbonyl (C=O) groups is 2. The van der Waals surface area contributed by atoms with Crippen LogP contribution in [0.15, 0.2) is 42.5 Å². The number of aromatic nitrogens is 1. The molecule has 5 heteroatoms. The molecule has 1 aliphatic carbocycles. The molecule has 0 unspecified atom stereocenters. The number of anilines is 1. The predicted octanol–water partition coefficient (Wildman–Crippen LogP) is 3.93. The Hall–Kier alpha value is -3.08. The van der Waals surface area contributed by atoms with Gasteiger partial charge in [-0.15, -0.1) is 0 Å². The number of amides is 2. The average molecular weight is 347 g/mol. The summed E-state index contributed by atoms with van der Waals surface area (Å²) in [6, 6.07) is 13.3. The third-order valence-electron chi connectivity index (χ3n) is 4.67. The van der Waals surface area contributed by atoms with Crippen LogP contribution in [0.3, 0.4) is 0 Å². The van der Waals surface area contributed by atoms with E-state index >= 15 is 0 Å². The van der Waals surface area contributed by atoms with Crippen molar-refractivity contribution in [3.05, 3.63) is 64.8 Å². The maximum absolute atomic E-state index is 12.7. The standard InChI is InChI=1S/C21H21N3O2/c1-12-9-13(2)16-11-19(23-18(16)10-12)21(26)24-17-6-4-3-5-15(17)20(25)22-14-7-8-14/h3-6,9-11,14,23H,7-8H2,1-2H3,(H,22,25)(H,24,26). The summed E-state index contributed by atoms with van der Waals surface area (Å²) in [6.07, 6.45) is 2.04. The lowest BCUT2D eigenvalue weighted by Crippen LogP contribution is -2.27. The molecule has 0 saturated heterocycles. The Morgan fingerprint density at radius 1 is 1.04 bits per heavy atom. The first kappa shape index (κ1) is 16.4. The van der Waals surface area contributed by atoms with Crippen LogP contribution >= 0.6 is 0 Å². The fraction of sp³-hybridized carbons (Fsp3) is 0.238. The Bertz CT molecular complexity index is 1020. The van der Waals surface area contributed by atoms with Crippen molar-refractivity contribution in [2.45, 2.75) is 32.7 Å². The van der Waals surface area contributed by atoms with Gasteiger partial charge < -0.3 is 15.6 Å². The van der Waals surface area contributed by atoms with Gasteiger partial charge in [-0.1, -0.05) is 18.2 Å². The fourth-order valence-corrected chi connectivity index (χ4v) is 3.19. The normalized spacial score (nSPS) is 13.6. The topological polar surface area (TPSA) is 74.0 Å². The molecule has 3 aromatic rings. The Balaban J connectivity index is 1.60. The number of hydrogen-bond acceptors (Lipinski definition) is 2. The molecular weight excluding hydrogens is 326 g/mol. The highest BCUT2D eigenvalue weighted by Crippen LogP contribution is 2.24. The largest absolute Gasteiger partial charge is 0.351 e. The molecule has 3 N–H and O–H groups in total. The van der Waals surface area contributed by atoms with Crippen LogP contribution in [0.1, 0.15) is 44.8 Å². The number of benzene rings is 2. The molecule has 0 aliphatic heterocycles. The molecule has 2 amide bonds. The maximum Gasteiger partial charge on any atom is 0.272 e. The molecule has 0 spiro atoms. The van der Waals surface area contributed by atoms with Crippen molar-refractivity contribution in [2.75, 3.05) is 5.32 Å². The zero-order valence-corrected chi connectivity index (χ0v) is 14.8. The highest BCUT2D eigenvalue weighted by Gasteiger charge is 2.25. The third-order valence-corrected chi connectivity index (χ3v) is 4.67. The van der Waals surface area contributed by atoms with E-state index in [0.29, 0.717) is 16.9 Å². The van der Waals surface area contributed by atoms with E-state index in [1.807, 2.05) is 32.0 Å². The first-order chi connectivity index (χ1) is 12.5. The van der Waals surface area contributed by atoms with Gasteiger partial charge in [0.15, 0.2) is 0 Å². The summed E-state index contributed by atoms with van der Waals surface area (Å²) in [5.74, 6) is -0.406. The van der Waals surface area contributed by atoms with Crippen molar-refractivity contribution >= 4 is 28.4 Å². The lowest BCUT2D eigenvalue weighted by Gasteiger charge is -2.10. The van der Waals surface area contributed by atoms with E-state index < -0.39 is 0 Å². The van der Waals surface area contributed by atoms with Crippen LogP contribution in [0.4, 0.5) is 5.69 Å². The van der Waals surface area contributed by atoms with Gasteiger partial charge in [-0.25, -0.2) is 0 Å². The fourth-order valence-electron chi connectivity index (χ4n) is 3.19. The maximum atomic E-state index is 12.7. The number of rotatable bonds is 4. The lowest BCUT2D eigenvalue weighted by atomic mass is 10.1. The van der Waals surface area contributed by atoms with Gasteiger partial charge >= 0.3 is 0 Å². The molecule has 2 aromatic carbocycles. The van der Waals surface area contributed by atoms with Crippen LogP contribution in [0.2, 0.25) is 0 Å². The minimum Gasteiger partial charge on any atom is -0.351 e. The summed E-state index contributed by atoms with van der Waals surface area (Å²) in [4.78, 5) is 28.3. The summed E-state index contributed by atoms with van der Waals surface area (Å²) in [5, 5.41) is 6.85. The smallest absolute Gasteiger partial charge is 0.272 e. The number of carbonyl (C=O) groups excluding carboxylic acids is 2. The van der Waals surface area contributed by atoms with Crippen molar-refractivity contribution in [3.63, 3.8) is 0 Å². The van der Waals surface area contributed by atoms with Crippen molar-refractivity contribution in [1.29, 1.82) is 0 Å². The van der Waals surface area contributed by atoms with E-state index in [4.69, 9.17) is 0 Å². The lowest BCUT2D eigenvalue weighted by molar-refractivity contribution is 0.0952. The summed E-state index contributed by atoms with van der Waals surface area (Å²) in [6.45, 7) is 4.06. The summed E-state index contributed by atoms with van der Waals surface area (Å²) >= 11 is 0. The second-order valence-electron chi connectivity index (χ2n) is 6.97. The van der Waals surface area contributed by atoms with Crippen LogP contribution in [-0.4, -0.2) is 22.8 Å². The van der Waals surface area contributed by atoms with E-state index in [1.165, 1.54) is 0 Å². The monoisotopic (exact) mass is 347 g/mol. The van der Waals surface area contributed by atoms with E-state index in [1.54, 1.807) is 18.2 Å². The number of aryl methyl sites for hydroxylation is 2. The van der Waals surface area contributed by atoms with Crippen LogP contribution in [-0.2, 0) is 0 Å².